The third kappa shape index (κ3) is 9.06. The zero-order chi connectivity index (χ0) is 50.2. The van der Waals surface area contributed by atoms with E-state index < -0.39 is 161 Å². The van der Waals surface area contributed by atoms with Crippen LogP contribution in [-0.4, -0.2) is 204 Å². The Balaban J connectivity index is 1.58. The van der Waals surface area contributed by atoms with Gasteiger partial charge in [0.05, 0.1) is 37.6 Å². The number of aromatic hydroxyl groups is 2. The molecular formula is C45H46O23. The Morgan fingerprint density at radius 2 is 1.03 bits per heavy atom. The van der Waals surface area contributed by atoms with Crippen molar-refractivity contribution in [3.63, 3.8) is 0 Å². The smallest absolute Gasteiger partial charge is 0.214 e. The second-order valence-electron chi connectivity index (χ2n) is 16.0. The number of hydrogen-bond donors (Lipinski definition) is 15. The first kappa shape index (κ1) is 51.1. The highest BCUT2D eigenvalue weighted by atomic mass is 16.6. The van der Waals surface area contributed by atoms with Crippen molar-refractivity contribution < 1.29 is 115 Å². The van der Waals surface area contributed by atoms with Gasteiger partial charge in [-0.1, -0.05) is 36.4 Å². The summed E-state index contributed by atoms with van der Waals surface area (Å²) in [6, 6.07) is 9.99. The molecule has 15 N–H and O–H groups in total. The SMILES string of the molecule is O=C(/C=C/c1ccc(O)cc1)C1=C(O)[C@](O)([C@@H]2O[C@H](CO)[C@@H](O)[C@H](O)[C@H]2O)C(O)=C(/C=C2/C(=O)C(C(=O)/C=C/c3ccc(O)cc3)=C(O)[C@@](O)([C@@H]3O[C@H](COCCO)[C@@H](O)[C@H](O)[C@H]3O)C2=O)C1=O. The van der Waals surface area contributed by atoms with Gasteiger partial charge in [-0.15, -0.1) is 0 Å². The molecule has 0 unspecified atom stereocenters. The highest BCUT2D eigenvalue weighted by Gasteiger charge is 2.64. The fourth-order valence-corrected chi connectivity index (χ4v) is 7.93. The van der Waals surface area contributed by atoms with E-state index in [4.69, 9.17) is 14.2 Å². The van der Waals surface area contributed by atoms with Crippen molar-refractivity contribution in [3.8, 4) is 11.5 Å². The predicted molar refractivity (Wildman–Crippen MR) is 225 cm³/mol. The van der Waals surface area contributed by atoms with E-state index in [0.29, 0.717) is 12.2 Å². The number of aliphatic hydroxyl groups excluding tert-OH is 11. The monoisotopic (exact) mass is 954 g/mol. The molecule has 23 nitrogen and oxygen atoms in total. The molecule has 2 saturated heterocycles. The predicted octanol–water partition coefficient (Wildman–Crippen LogP) is -3.78. The Labute approximate surface area is 382 Å². The summed E-state index contributed by atoms with van der Waals surface area (Å²) >= 11 is 0. The molecule has 2 aromatic carbocycles. The van der Waals surface area contributed by atoms with Crippen molar-refractivity contribution in [3.05, 3.63) is 117 Å². The zero-order valence-corrected chi connectivity index (χ0v) is 35.1. The molecule has 2 heterocycles. The molecule has 0 bridgehead atoms. The van der Waals surface area contributed by atoms with Crippen LogP contribution in [-0.2, 0) is 38.2 Å². The van der Waals surface area contributed by atoms with E-state index >= 15 is 0 Å². The van der Waals surface area contributed by atoms with Gasteiger partial charge in [-0.2, -0.15) is 0 Å². The molecule has 364 valence electrons. The van der Waals surface area contributed by atoms with Crippen molar-refractivity contribution in [2.24, 2.45) is 0 Å². The molecular weight excluding hydrogens is 908 g/mol. The summed E-state index contributed by atoms with van der Waals surface area (Å²) in [5, 5.41) is 163. The van der Waals surface area contributed by atoms with Crippen LogP contribution >= 0.6 is 0 Å². The lowest BCUT2D eigenvalue weighted by Gasteiger charge is -2.47. The number of phenolic OH excluding ortho intramolecular Hbond substituents is 2. The highest BCUT2D eigenvalue weighted by Crippen LogP contribution is 2.45. The van der Waals surface area contributed by atoms with Crippen LogP contribution in [0.25, 0.3) is 12.2 Å². The number of ketones is 5. The minimum absolute atomic E-state index is 0.0808. The molecule has 68 heavy (non-hydrogen) atoms. The van der Waals surface area contributed by atoms with Gasteiger partial charge in [0.15, 0.2) is 11.6 Å². The van der Waals surface area contributed by atoms with E-state index in [2.05, 4.69) is 0 Å². The molecule has 0 spiro atoms. The molecule has 2 fully saturated rings. The van der Waals surface area contributed by atoms with Gasteiger partial charge >= 0.3 is 0 Å². The van der Waals surface area contributed by atoms with Crippen molar-refractivity contribution >= 4 is 41.1 Å². The van der Waals surface area contributed by atoms with Gasteiger partial charge in [-0.3, -0.25) is 24.0 Å². The topological polar surface area (TPSA) is 416 Å². The van der Waals surface area contributed by atoms with Crippen molar-refractivity contribution in [2.45, 2.75) is 72.2 Å². The molecule has 0 amide bonds. The Morgan fingerprint density at radius 1 is 0.588 bits per heavy atom. The lowest BCUT2D eigenvalue weighted by Crippen LogP contribution is -2.69. The summed E-state index contributed by atoms with van der Waals surface area (Å²) < 4.78 is 16.1. The molecule has 6 rings (SSSR count). The number of Topliss-reactive ketones (excluding diaryl/α,β-unsaturated/α-hetero) is 3. The average Bonchev–Trinajstić information content (AvgIpc) is 3.31. The number of aliphatic hydroxyl groups is 13. The van der Waals surface area contributed by atoms with Gasteiger partial charge in [0.1, 0.15) is 101 Å². The molecule has 0 radical (unpaired) electrons. The van der Waals surface area contributed by atoms with Gasteiger partial charge < -0.3 is 90.8 Å². The molecule has 0 saturated carbocycles. The number of rotatable bonds is 14. The molecule has 2 aromatic rings. The van der Waals surface area contributed by atoms with Crippen molar-refractivity contribution in [1.29, 1.82) is 0 Å². The summed E-state index contributed by atoms with van der Waals surface area (Å²) in [6.45, 7) is -2.83. The maximum Gasteiger partial charge on any atom is 0.214 e. The second-order valence-corrected chi connectivity index (χ2v) is 16.0. The van der Waals surface area contributed by atoms with E-state index in [1.807, 2.05) is 0 Å². The van der Waals surface area contributed by atoms with E-state index in [1.165, 1.54) is 48.5 Å². The highest BCUT2D eigenvalue weighted by molar-refractivity contribution is 6.42. The number of carbonyl (C=O) groups excluding carboxylic acids is 5. The molecule has 23 heteroatoms. The first-order valence-electron chi connectivity index (χ1n) is 20.4. The van der Waals surface area contributed by atoms with Crippen LogP contribution in [0.2, 0.25) is 0 Å². The lowest BCUT2D eigenvalue weighted by molar-refractivity contribution is -0.265. The van der Waals surface area contributed by atoms with Gasteiger partial charge in [0.2, 0.25) is 28.6 Å². The van der Waals surface area contributed by atoms with Crippen LogP contribution in [0.1, 0.15) is 11.1 Å². The minimum Gasteiger partial charge on any atom is -0.508 e. The summed E-state index contributed by atoms with van der Waals surface area (Å²) in [7, 11) is 0. The Morgan fingerprint density at radius 3 is 1.51 bits per heavy atom. The number of benzene rings is 2. The summed E-state index contributed by atoms with van der Waals surface area (Å²) in [5.41, 5.74) is -13.4. The van der Waals surface area contributed by atoms with E-state index in [9.17, 15) is 101 Å². The quantitative estimate of drug-likeness (QED) is 0.0491. The van der Waals surface area contributed by atoms with Crippen LogP contribution in [0.4, 0.5) is 0 Å². The summed E-state index contributed by atoms with van der Waals surface area (Å²) in [4.78, 5) is 71.4. The molecule has 2 aliphatic carbocycles. The van der Waals surface area contributed by atoms with Gasteiger partial charge in [-0.25, -0.2) is 0 Å². The Kier molecular flexibility index (Phi) is 15.1. The van der Waals surface area contributed by atoms with Crippen LogP contribution in [0, 0.1) is 0 Å². The third-order valence-corrected chi connectivity index (χ3v) is 11.7. The molecule has 4 aliphatic rings. The standard InChI is InChI=1S/C45H46O23/c46-13-14-66-17-27-33(55)35(57)37(59)43(68-27)45(65)39(61)23(31(53)29(41(45)63)25(51)12-6-19-3-9-21(49)10-4-19)15-22-30(52)28(24(50)11-5-18-1-7-20(48)8-2-18)40(62)44(64,38(22)60)42-36(58)34(56)32(54)26(16-47)67-42/h1-12,15,26-27,32-37,42-43,46-49,54-60,62-65H,13-14,16-17H2/b11-5+,12-6+,23-15-/t26-,27-,32-,33-,34+,35+,36-,37-,42-,43-,44+,45-/m1/s1. The van der Waals surface area contributed by atoms with Gasteiger partial charge in [0.25, 0.3) is 0 Å². The Bertz CT molecular complexity index is 2520. The maximum atomic E-state index is 14.7. The Hall–Kier alpha value is -6.29. The molecule has 0 aromatic heterocycles. The molecule has 12 atom stereocenters. The van der Waals surface area contributed by atoms with Crippen LogP contribution < -0.4 is 0 Å². The third-order valence-electron chi connectivity index (χ3n) is 11.7. The number of carbonyl (C=O) groups is 5. The van der Waals surface area contributed by atoms with Crippen molar-refractivity contribution in [2.75, 3.05) is 26.4 Å². The van der Waals surface area contributed by atoms with E-state index in [-0.39, 0.29) is 35.3 Å². The van der Waals surface area contributed by atoms with Crippen LogP contribution in [0.3, 0.4) is 0 Å². The van der Waals surface area contributed by atoms with E-state index in [1.54, 1.807) is 0 Å². The lowest BCUT2D eigenvalue weighted by atomic mass is 9.70. The minimum atomic E-state index is -3.89. The van der Waals surface area contributed by atoms with Crippen molar-refractivity contribution in [1.82, 2.24) is 0 Å². The fourth-order valence-electron chi connectivity index (χ4n) is 7.93. The van der Waals surface area contributed by atoms with Crippen LogP contribution in [0.5, 0.6) is 11.5 Å². The summed E-state index contributed by atoms with van der Waals surface area (Å²) in [6.07, 6.45) is -19.6. The zero-order valence-electron chi connectivity index (χ0n) is 35.1. The van der Waals surface area contributed by atoms with E-state index in [0.717, 1.165) is 12.2 Å². The largest absolute Gasteiger partial charge is 0.508 e. The summed E-state index contributed by atoms with van der Waals surface area (Å²) in [5.74, 6) is -14.7. The van der Waals surface area contributed by atoms with Gasteiger partial charge in [0, 0.05) is 0 Å². The fraction of sp³-hybridized carbons (Fsp3) is 0.356. The maximum absolute atomic E-state index is 14.7. The van der Waals surface area contributed by atoms with Gasteiger partial charge in [-0.05, 0) is 53.6 Å². The first-order valence-corrected chi connectivity index (χ1v) is 20.4. The molecule has 2 aliphatic heterocycles. The average molecular weight is 955 g/mol. The first-order chi connectivity index (χ1) is 32.0. The normalized spacial score (nSPS) is 33.4. The number of allylic oxidation sites excluding steroid dienone is 6. The van der Waals surface area contributed by atoms with Crippen LogP contribution in [0.15, 0.2) is 106 Å². The number of phenols is 2. The number of ether oxygens (including phenoxy) is 3. The number of hydrogen-bond acceptors (Lipinski definition) is 23. The second kappa shape index (κ2) is 20.1.